The third-order valence-electron chi connectivity index (χ3n) is 5.38. The van der Waals surface area contributed by atoms with Crippen LogP contribution >= 0.6 is 0 Å². The first kappa shape index (κ1) is 19.0. The zero-order chi connectivity index (χ0) is 18.7. The molecule has 26 heavy (non-hydrogen) atoms. The number of benzene rings is 2. The molecule has 0 N–H and O–H groups in total. The van der Waals surface area contributed by atoms with Crippen LogP contribution in [0.15, 0.2) is 48.5 Å². The molecule has 0 aliphatic heterocycles. The molecule has 0 amide bonds. The largest absolute Gasteiger partial charge is 0.464 e. The van der Waals surface area contributed by atoms with Crippen LogP contribution in [-0.2, 0) is 11.2 Å². The van der Waals surface area contributed by atoms with Gasteiger partial charge in [0, 0.05) is 5.41 Å². The van der Waals surface area contributed by atoms with Gasteiger partial charge in [-0.2, -0.15) is 0 Å². The van der Waals surface area contributed by atoms with Gasteiger partial charge in [-0.15, -0.1) is 0 Å². The summed E-state index contributed by atoms with van der Waals surface area (Å²) < 4.78 is 12.8. The Labute approximate surface area is 158 Å². The highest BCUT2D eigenvalue weighted by atomic mass is 16.7. The van der Waals surface area contributed by atoms with E-state index in [4.69, 9.17) is 9.47 Å². The minimum absolute atomic E-state index is 0.104. The van der Waals surface area contributed by atoms with E-state index >= 15 is 0 Å². The molecular formula is C24H32O2. The maximum atomic E-state index is 6.48. The molecule has 3 rings (SSSR count). The predicted molar refractivity (Wildman–Crippen MR) is 108 cm³/mol. The standard InChI is InChI=1S/C24H32O2/c1-6-17(2)18-11-14-20(15-12-18)25-23(24(3,4)5)26-22-16-13-19-9-7-8-10-21(19)22/h7-12,14-15,17,22-23H,6,13,16H2,1-5H3. The van der Waals surface area contributed by atoms with Crippen LogP contribution in [0, 0.1) is 5.41 Å². The van der Waals surface area contributed by atoms with E-state index in [9.17, 15) is 0 Å². The van der Waals surface area contributed by atoms with E-state index in [1.165, 1.54) is 16.7 Å². The predicted octanol–water partition coefficient (Wildman–Crippen LogP) is 6.66. The van der Waals surface area contributed by atoms with E-state index in [0.717, 1.165) is 25.0 Å². The van der Waals surface area contributed by atoms with Crippen molar-refractivity contribution in [3.63, 3.8) is 0 Å². The molecule has 0 radical (unpaired) electrons. The van der Waals surface area contributed by atoms with E-state index in [-0.39, 0.29) is 17.8 Å². The van der Waals surface area contributed by atoms with Gasteiger partial charge in [-0.3, -0.25) is 0 Å². The molecule has 0 fully saturated rings. The van der Waals surface area contributed by atoms with Crippen LogP contribution in [0.5, 0.6) is 5.75 Å². The monoisotopic (exact) mass is 352 g/mol. The fraction of sp³-hybridized carbons (Fsp3) is 0.500. The second-order valence-corrected chi connectivity index (χ2v) is 8.56. The molecule has 0 saturated heterocycles. The number of hydrogen-bond acceptors (Lipinski definition) is 2. The minimum Gasteiger partial charge on any atom is -0.464 e. The van der Waals surface area contributed by atoms with Crippen LogP contribution in [-0.4, -0.2) is 6.29 Å². The SMILES string of the molecule is CCC(C)c1ccc(OC(OC2CCc3ccccc32)C(C)(C)C)cc1. The lowest BCUT2D eigenvalue weighted by Gasteiger charge is -2.33. The van der Waals surface area contributed by atoms with Crippen molar-refractivity contribution in [2.75, 3.05) is 0 Å². The molecule has 1 aliphatic rings. The molecule has 0 bridgehead atoms. The first-order chi connectivity index (χ1) is 12.4. The van der Waals surface area contributed by atoms with Crippen LogP contribution in [0.2, 0.25) is 0 Å². The third-order valence-corrected chi connectivity index (χ3v) is 5.38. The zero-order valence-corrected chi connectivity index (χ0v) is 16.8. The highest BCUT2D eigenvalue weighted by Crippen LogP contribution is 2.38. The second kappa shape index (κ2) is 7.84. The molecule has 2 nitrogen and oxygen atoms in total. The van der Waals surface area contributed by atoms with Crippen molar-refractivity contribution in [2.45, 2.75) is 72.2 Å². The van der Waals surface area contributed by atoms with Crippen LogP contribution < -0.4 is 4.74 Å². The summed E-state index contributed by atoms with van der Waals surface area (Å²) >= 11 is 0. The molecule has 3 unspecified atom stereocenters. The maximum absolute atomic E-state index is 6.48. The van der Waals surface area contributed by atoms with E-state index in [1.54, 1.807) is 0 Å². The van der Waals surface area contributed by atoms with Crippen molar-refractivity contribution >= 4 is 0 Å². The Kier molecular flexibility index (Phi) is 5.72. The summed E-state index contributed by atoms with van der Waals surface area (Å²) in [6.07, 6.45) is 3.10. The fourth-order valence-electron chi connectivity index (χ4n) is 3.45. The van der Waals surface area contributed by atoms with Crippen LogP contribution in [0.25, 0.3) is 0 Å². The number of fused-ring (bicyclic) bond motifs is 1. The number of hydrogen-bond donors (Lipinski definition) is 0. The summed E-state index contributed by atoms with van der Waals surface area (Å²) in [7, 11) is 0. The van der Waals surface area contributed by atoms with Gasteiger partial charge in [0.1, 0.15) is 5.75 Å². The summed E-state index contributed by atoms with van der Waals surface area (Å²) in [5.74, 6) is 1.46. The van der Waals surface area contributed by atoms with Gasteiger partial charge in [0.15, 0.2) is 0 Å². The average molecular weight is 353 g/mol. The first-order valence-electron chi connectivity index (χ1n) is 9.88. The molecule has 0 spiro atoms. The molecule has 0 aromatic heterocycles. The van der Waals surface area contributed by atoms with Gasteiger partial charge in [0.25, 0.3) is 0 Å². The molecule has 3 atom stereocenters. The van der Waals surface area contributed by atoms with Crippen molar-refractivity contribution in [1.29, 1.82) is 0 Å². The van der Waals surface area contributed by atoms with Crippen molar-refractivity contribution < 1.29 is 9.47 Å². The van der Waals surface area contributed by atoms with Gasteiger partial charge < -0.3 is 9.47 Å². The van der Waals surface area contributed by atoms with E-state index in [1.807, 2.05) is 0 Å². The molecule has 2 aromatic rings. The lowest BCUT2D eigenvalue weighted by molar-refractivity contribution is -0.172. The molecule has 1 aliphatic carbocycles. The minimum atomic E-state index is -0.284. The Morgan fingerprint density at radius 2 is 1.73 bits per heavy atom. The summed E-state index contributed by atoms with van der Waals surface area (Å²) in [5.41, 5.74) is 3.98. The van der Waals surface area contributed by atoms with Gasteiger partial charge in [-0.05, 0) is 54.0 Å². The lowest BCUT2D eigenvalue weighted by Crippen LogP contribution is -2.35. The number of aryl methyl sites for hydroxylation is 1. The Balaban J connectivity index is 1.73. The van der Waals surface area contributed by atoms with E-state index in [0.29, 0.717) is 5.92 Å². The Morgan fingerprint density at radius 3 is 2.38 bits per heavy atom. The van der Waals surface area contributed by atoms with Crippen LogP contribution in [0.1, 0.15) is 76.2 Å². The molecule has 2 heteroatoms. The van der Waals surface area contributed by atoms with Crippen molar-refractivity contribution in [3.8, 4) is 5.75 Å². The Hall–Kier alpha value is -1.80. The summed E-state index contributed by atoms with van der Waals surface area (Å²) in [6, 6.07) is 17.1. The topological polar surface area (TPSA) is 18.5 Å². The Morgan fingerprint density at radius 1 is 1.04 bits per heavy atom. The van der Waals surface area contributed by atoms with Crippen LogP contribution in [0.4, 0.5) is 0 Å². The molecule has 2 aromatic carbocycles. The number of ether oxygens (including phenoxy) is 2. The van der Waals surface area contributed by atoms with Crippen LogP contribution in [0.3, 0.4) is 0 Å². The van der Waals surface area contributed by atoms with Crippen molar-refractivity contribution in [3.05, 3.63) is 65.2 Å². The fourth-order valence-corrected chi connectivity index (χ4v) is 3.45. The molecule has 0 saturated carbocycles. The quantitative estimate of drug-likeness (QED) is 0.541. The normalized spacial score (nSPS) is 19.0. The third kappa shape index (κ3) is 4.29. The Bertz CT molecular complexity index is 712. The number of rotatable bonds is 6. The summed E-state index contributed by atoms with van der Waals surface area (Å²) in [5, 5.41) is 0. The van der Waals surface area contributed by atoms with Crippen molar-refractivity contribution in [1.82, 2.24) is 0 Å². The smallest absolute Gasteiger partial charge is 0.205 e. The molecule has 0 heterocycles. The first-order valence-corrected chi connectivity index (χ1v) is 9.88. The van der Waals surface area contributed by atoms with E-state index < -0.39 is 0 Å². The van der Waals surface area contributed by atoms with Gasteiger partial charge in [-0.1, -0.05) is 71.0 Å². The second-order valence-electron chi connectivity index (χ2n) is 8.56. The van der Waals surface area contributed by atoms with Gasteiger partial charge in [0.05, 0.1) is 6.10 Å². The van der Waals surface area contributed by atoms with E-state index in [2.05, 4.69) is 83.1 Å². The molecule has 140 valence electrons. The van der Waals surface area contributed by atoms with Gasteiger partial charge >= 0.3 is 0 Å². The summed E-state index contributed by atoms with van der Waals surface area (Å²) in [4.78, 5) is 0. The highest BCUT2D eigenvalue weighted by molar-refractivity contribution is 5.33. The average Bonchev–Trinajstić information content (AvgIpc) is 3.03. The lowest BCUT2D eigenvalue weighted by atomic mass is 9.95. The maximum Gasteiger partial charge on any atom is 0.205 e. The van der Waals surface area contributed by atoms with Crippen molar-refractivity contribution in [2.24, 2.45) is 5.41 Å². The summed E-state index contributed by atoms with van der Waals surface area (Å²) in [6.45, 7) is 11.0. The van der Waals surface area contributed by atoms with Gasteiger partial charge in [0.2, 0.25) is 6.29 Å². The molecular weight excluding hydrogens is 320 g/mol. The zero-order valence-electron chi connectivity index (χ0n) is 16.8. The van der Waals surface area contributed by atoms with Gasteiger partial charge in [-0.25, -0.2) is 0 Å². The highest BCUT2D eigenvalue weighted by Gasteiger charge is 2.33.